The minimum atomic E-state index is -4.40. The first-order chi connectivity index (χ1) is 6.95. The zero-order valence-corrected chi connectivity index (χ0v) is 8.38. The van der Waals surface area contributed by atoms with Crippen molar-refractivity contribution in [1.82, 2.24) is 4.98 Å². The zero-order valence-electron chi connectivity index (χ0n) is 8.38. The fourth-order valence-corrected chi connectivity index (χ4v) is 1.27. The van der Waals surface area contributed by atoms with E-state index in [1.807, 2.05) is 6.92 Å². The van der Waals surface area contributed by atoms with E-state index in [1.54, 1.807) is 0 Å². The van der Waals surface area contributed by atoms with Gasteiger partial charge in [0.15, 0.2) is 0 Å². The second-order valence-corrected chi connectivity index (χ2v) is 3.34. The minimum absolute atomic E-state index is 0.298. The van der Waals surface area contributed by atoms with Gasteiger partial charge in [0.25, 0.3) is 0 Å². The quantitative estimate of drug-likeness (QED) is 0.847. The molecule has 0 saturated carbocycles. The van der Waals surface area contributed by atoms with Gasteiger partial charge < -0.3 is 5.73 Å². The third-order valence-corrected chi connectivity index (χ3v) is 2.04. The summed E-state index contributed by atoms with van der Waals surface area (Å²) in [6, 6.07) is 3.38. The van der Waals surface area contributed by atoms with E-state index in [1.165, 1.54) is 12.1 Å². The number of pyridine rings is 1. The molecule has 0 unspecified atom stereocenters. The summed E-state index contributed by atoms with van der Waals surface area (Å²) in [7, 11) is 0. The lowest BCUT2D eigenvalue weighted by Crippen LogP contribution is -2.15. The highest BCUT2D eigenvalue weighted by Crippen LogP contribution is 2.28. The Bertz CT molecular complexity index is 323. The molecular formula is C10H13F3N2. The predicted octanol–water partition coefficient (Wildman–Crippen LogP) is 2.90. The lowest BCUT2D eigenvalue weighted by Gasteiger charge is -2.12. The second-order valence-electron chi connectivity index (χ2n) is 3.34. The van der Waals surface area contributed by atoms with E-state index in [-0.39, 0.29) is 0 Å². The van der Waals surface area contributed by atoms with Crippen LogP contribution in [0.5, 0.6) is 0 Å². The molecule has 0 aliphatic rings. The highest BCUT2D eigenvalue weighted by Gasteiger charge is 2.32. The van der Waals surface area contributed by atoms with Crippen LogP contribution in [0.2, 0.25) is 0 Å². The smallest absolute Gasteiger partial charge is 0.323 e. The highest BCUT2D eigenvalue weighted by atomic mass is 19.4. The first-order valence-electron chi connectivity index (χ1n) is 4.75. The van der Waals surface area contributed by atoms with Gasteiger partial charge in [0.2, 0.25) is 0 Å². The molecule has 1 rings (SSSR count). The van der Waals surface area contributed by atoms with E-state index in [0.29, 0.717) is 12.1 Å². The number of aromatic nitrogens is 1. The van der Waals surface area contributed by atoms with Crippen molar-refractivity contribution in [1.29, 1.82) is 0 Å². The maximum atomic E-state index is 12.3. The van der Waals surface area contributed by atoms with Gasteiger partial charge in [-0.1, -0.05) is 19.4 Å². The van der Waals surface area contributed by atoms with Crippen LogP contribution >= 0.6 is 0 Å². The van der Waals surface area contributed by atoms with Gasteiger partial charge >= 0.3 is 6.18 Å². The fourth-order valence-electron chi connectivity index (χ4n) is 1.27. The molecule has 0 saturated heterocycles. The Morgan fingerprint density at radius 2 is 2.07 bits per heavy atom. The van der Waals surface area contributed by atoms with Gasteiger partial charge in [-0.25, -0.2) is 4.98 Å². The Morgan fingerprint density at radius 1 is 1.40 bits per heavy atom. The van der Waals surface area contributed by atoms with E-state index in [4.69, 9.17) is 5.73 Å². The van der Waals surface area contributed by atoms with Crippen LogP contribution in [0.1, 0.15) is 37.2 Å². The van der Waals surface area contributed by atoms with Gasteiger partial charge in [0, 0.05) is 6.04 Å². The molecule has 2 N–H and O–H groups in total. The largest absolute Gasteiger partial charge is 0.433 e. The summed E-state index contributed by atoms with van der Waals surface area (Å²) in [5.41, 5.74) is 5.10. The summed E-state index contributed by atoms with van der Waals surface area (Å²) in [4.78, 5) is 3.51. The van der Waals surface area contributed by atoms with Gasteiger partial charge in [0.1, 0.15) is 5.69 Å². The van der Waals surface area contributed by atoms with Crippen LogP contribution in [0.4, 0.5) is 13.2 Å². The number of hydrogen-bond acceptors (Lipinski definition) is 2. The SMILES string of the molecule is CCC[C@H](N)c1cccc(C(F)(F)F)n1. The Kier molecular flexibility index (Phi) is 3.68. The van der Waals surface area contributed by atoms with Crippen molar-refractivity contribution in [3.63, 3.8) is 0 Å². The van der Waals surface area contributed by atoms with Crippen molar-refractivity contribution in [3.8, 4) is 0 Å². The third-order valence-electron chi connectivity index (χ3n) is 2.04. The third kappa shape index (κ3) is 3.20. The summed E-state index contributed by atoms with van der Waals surface area (Å²) in [5.74, 6) is 0. The van der Waals surface area contributed by atoms with Gasteiger partial charge in [-0.3, -0.25) is 0 Å². The van der Waals surface area contributed by atoms with Crippen LogP contribution in [0.25, 0.3) is 0 Å². The normalized spacial score (nSPS) is 13.9. The molecule has 0 fully saturated rings. The number of nitrogens with zero attached hydrogens (tertiary/aromatic N) is 1. The van der Waals surface area contributed by atoms with E-state index in [2.05, 4.69) is 4.98 Å². The van der Waals surface area contributed by atoms with Gasteiger partial charge in [-0.15, -0.1) is 0 Å². The summed E-state index contributed by atoms with van der Waals surface area (Å²) in [5, 5.41) is 0. The molecule has 5 heteroatoms. The predicted molar refractivity (Wildman–Crippen MR) is 51.1 cm³/mol. The van der Waals surface area contributed by atoms with E-state index in [9.17, 15) is 13.2 Å². The van der Waals surface area contributed by atoms with Gasteiger partial charge in [-0.2, -0.15) is 13.2 Å². The summed E-state index contributed by atoms with van der Waals surface area (Å²) < 4.78 is 36.9. The maximum absolute atomic E-state index is 12.3. The first-order valence-corrected chi connectivity index (χ1v) is 4.75. The molecule has 0 radical (unpaired) electrons. The van der Waals surface area contributed by atoms with Gasteiger partial charge in [0.05, 0.1) is 5.69 Å². The topological polar surface area (TPSA) is 38.9 Å². The molecular weight excluding hydrogens is 205 g/mol. The van der Waals surface area contributed by atoms with E-state index < -0.39 is 17.9 Å². The molecule has 0 amide bonds. The second kappa shape index (κ2) is 4.61. The van der Waals surface area contributed by atoms with Crippen LogP contribution in [0, 0.1) is 0 Å². The molecule has 0 aliphatic heterocycles. The van der Waals surface area contributed by atoms with Crippen LogP contribution in [0.15, 0.2) is 18.2 Å². The lowest BCUT2D eigenvalue weighted by molar-refractivity contribution is -0.141. The van der Waals surface area contributed by atoms with Crippen molar-refractivity contribution in [3.05, 3.63) is 29.6 Å². The Hall–Kier alpha value is -1.10. The standard InChI is InChI=1S/C10H13F3N2/c1-2-4-7(14)8-5-3-6-9(15-8)10(11,12)13/h3,5-7H,2,4,14H2,1H3/t7-/m0/s1. The molecule has 1 atom stereocenters. The molecule has 0 aliphatic carbocycles. The maximum Gasteiger partial charge on any atom is 0.433 e. The molecule has 0 spiro atoms. The van der Waals surface area contributed by atoms with E-state index >= 15 is 0 Å². The van der Waals surface area contributed by atoms with Crippen molar-refractivity contribution >= 4 is 0 Å². The average molecular weight is 218 g/mol. The van der Waals surface area contributed by atoms with Crippen LogP contribution in [-0.2, 0) is 6.18 Å². The number of hydrogen-bond donors (Lipinski definition) is 1. The molecule has 1 aromatic heterocycles. The molecule has 2 nitrogen and oxygen atoms in total. The Morgan fingerprint density at radius 3 is 2.60 bits per heavy atom. The molecule has 1 heterocycles. The lowest BCUT2D eigenvalue weighted by atomic mass is 10.1. The molecule has 0 bridgehead atoms. The fraction of sp³-hybridized carbons (Fsp3) is 0.500. The number of rotatable bonds is 3. The van der Waals surface area contributed by atoms with Crippen molar-refractivity contribution in [2.75, 3.05) is 0 Å². The molecule has 1 aromatic rings. The van der Waals surface area contributed by atoms with Crippen molar-refractivity contribution in [2.45, 2.75) is 32.0 Å². The molecule has 0 aromatic carbocycles. The van der Waals surface area contributed by atoms with Crippen LogP contribution < -0.4 is 5.73 Å². The average Bonchev–Trinajstić information content (AvgIpc) is 2.17. The number of alkyl halides is 3. The highest BCUT2D eigenvalue weighted by molar-refractivity contribution is 5.16. The van der Waals surface area contributed by atoms with Crippen LogP contribution in [-0.4, -0.2) is 4.98 Å². The zero-order chi connectivity index (χ0) is 11.5. The summed E-state index contributed by atoms with van der Waals surface area (Å²) in [6.07, 6.45) is -2.95. The minimum Gasteiger partial charge on any atom is -0.323 e. The Labute approximate surface area is 86.3 Å². The molecule has 84 valence electrons. The molecule has 15 heavy (non-hydrogen) atoms. The van der Waals surface area contributed by atoms with E-state index in [0.717, 1.165) is 12.5 Å². The summed E-state index contributed by atoms with van der Waals surface area (Å²) in [6.45, 7) is 1.92. The number of nitrogens with two attached hydrogens (primary N) is 1. The Balaban J connectivity index is 2.92. The number of halogens is 3. The monoisotopic (exact) mass is 218 g/mol. The van der Waals surface area contributed by atoms with Crippen molar-refractivity contribution in [2.24, 2.45) is 5.73 Å². The van der Waals surface area contributed by atoms with Gasteiger partial charge in [-0.05, 0) is 18.6 Å². The first kappa shape index (κ1) is 12.0. The van der Waals surface area contributed by atoms with Crippen molar-refractivity contribution < 1.29 is 13.2 Å². The summed E-state index contributed by atoms with van der Waals surface area (Å²) >= 11 is 0. The van der Waals surface area contributed by atoms with Crippen LogP contribution in [0.3, 0.4) is 0 Å².